The number of amides is 1. The molecule has 1 aromatic carbocycles. The minimum atomic E-state index is -0.0657. The summed E-state index contributed by atoms with van der Waals surface area (Å²) in [6, 6.07) is 11.7. The van der Waals surface area contributed by atoms with Gasteiger partial charge >= 0.3 is 0 Å². The third kappa shape index (κ3) is 5.53. The summed E-state index contributed by atoms with van der Waals surface area (Å²) in [5.41, 5.74) is 1.07. The molecule has 1 aliphatic heterocycles. The number of anilines is 1. The molecule has 6 nitrogen and oxygen atoms in total. The number of rotatable bonds is 7. The van der Waals surface area contributed by atoms with Gasteiger partial charge in [0.25, 0.3) is 0 Å². The van der Waals surface area contributed by atoms with E-state index in [2.05, 4.69) is 20.2 Å². The fourth-order valence-electron chi connectivity index (χ4n) is 3.01. The molecule has 0 radical (unpaired) electrons. The van der Waals surface area contributed by atoms with E-state index in [0.29, 0.717) is 19.1 Å². The number of hydrogen-bond acceptors (Lipinski definition) is 5. The summed E-state index contributed by atoms with van der Waals surface area (Å²) in [7, 11) is 0. The highest BCUT2D eigenvalue weighted by atomic mass is 16.5. The Morgan fingerprint density at radius 3 is 2.80 bits per heavy atom. The third-order valence-electron chi connectivity index (χ3n) is 4.29. The quantitative estimate of drug-likeness (QED) is 0.835. The van der Waals surface area contributed by atoms with Crippen molar-refractivity contribution in [3.05, 3.63) is 54.4 Å². The molecule has 0 saturated carbocycles. The molecule has 0 spiro atoms. The van der Waals surface area contributed by atoms with Crippen molar-refractivity contribution in [2.24, 2.45) is 5.92 Å². The second-order valence-corrected chi connectivity index (χ2v) is 6.29. The lowest BCUT2D eigenvalue weighted by atomic mass is 9.98. The Bertz CT molecular complexity index is 651. The fourth-order valence-corrected chi connectivity index (χ4v) is 3.01. The van der Waals surface area contributed by atoms with Crippen LogP contribution in [0.2, 0.25) is 0 Å². The largest absolute Gasteiger partial charge is 0.367 e. The highest BCUT2D eigenvalue weighted by Crippen LogP contribution is 2.19. The first-order chi connectivity index (χ1) is 12.3. The summed E-state index contributed by atoms with van der Waals surface area (Å²) in [6.45, 7) is 3.05. The van der Waals surface area contributed by atoms with Gasteiger partial charge in [-0.2, -0.15) is 0 Å². The van der Waals surface area contributed by atoms with Crippen molar-refractivity contribution < 1.29 is 9.53 Å². The Morgan fingerprint density at radius 1 is 1.20 bits per heavy atom. The lowest BCUT2D eigenvalue weighted by Gasteiger charge is -2.32. The maximum absolute atomic E-state index is 12.0. The monoisotopic (exact) mass is 340 g/mol. The maximum atomic E-state index is 12.0. The van der Waals surface area contributed by atoms with E-state index in [1.807, 2.05) is 36.4 Å². The van der Waals surface area contributed by atoms with Crippen molar-refractivity contribution in [1.29, 1.82) is 0 Å². The van der Waals surface area contributed by atoms with Gasteiger partial charge in [-0.15, -0.1) is 0 Å². The van der Waals surface area contributed by atoms with Gasteiger partial charge in [0.1, 0.15) is 6.61 Å². The number of benzene rings is 1. The number of piperidine rings is 1. The molecule has 2 aromatic rings. The first-order valence-electron chi connectivity index (χ1n) is 8.71. The first kappa shape index (κ1) is 17.4. The van der Waals surface area contributed by atoms with Crippen molar-refractivity contribution in [2.75, 3.05) is 31.1 Å². The summed E-state index contributed by atoms with van der Waals surface area (Å²) >= 11 is 0. The summed E-state index contributed by atoms with van der Waals surface area (Å²) in [5, 5.41) is 2.98. The normalized spacial score (nSPS) is 17.3. The Kier molecular flexibility index (Phi) is 6.34. The lowest BCUT2D eigenvalue weighted by molar-refractivity contribution is -0.126. The standard InChI is InChI=1S/C19H24N4O2/c24-18(15-25-14-16-6-2-1-3-7-16)22-12-17-8-4-11-23(13-17)19-20-9-5-10-21-19/h1-3,5-7,9-10,17H,4,8,11-15H2,(H,22,24). The molecule has 1 atom stereocenters. The number of carbonyl (C=O) groups is 1. The zero-order valence-electron chi connectivity index (χ0n) is 14.3. The molecular weight excluding hydrogens is 316 g/mol. The van der Waals surface area contributed by atoms with Crippen LogP contribution in [0.25, 0.3) is 0 Å². The minimum Gasteiger partial charge on any atom is -0.367 e. The van der Waals surface area contributed by atoms with Crippen molar-refractivity contribution in [3.8, 4) is 0 Å². The predicted octanol–water partition coefficient (Wildman–Crippen LogP) is 2.03. The van der Waals surface area contributed by atoms with E-state index in [9.17, 15) is 4.79 Å². The Morgan fingerprint density at radius 2 is 2.00 bits per heavy atom. The molecule has 1 fully saturated rings. The van der Waals surface area contributed by atoms with Gasteiger partial charge in [-0.3, -0.25) is 4.79 Å². The van der Waals surface area contributed by atoms with Gasteiger partial charge in [-0.05, 0) is 30.4 Å². The zero-order chi connectivity index (χ0) is 17.3. The number of aromatic nitrogens is 2. The molecule has 2 heterocycles. The third-order valence-corrected chi connectivity index (χ3v) is 4.29. The molecule has 25 heavy (non-hydrogen) atoms. The van der Waals surface area contributed by atoms with Gasteiger partial charge in [0, 0.05) is 32.0 Å². The molecule has 1 N–H and O–H groups in total. The van der Waals surface area contributed by atoms with E-state index in [1.54, 1.807) is 12.4 Å². The van der Waals surface area contributed by atoms with E-state index in [1.165, 1.54) is 0 Å². The average molecular weight is 340 g/mol. The molecule has 1 aromatic heterocycles. The van der Waals surface area contributed by atoms with E-state index >= 15 is 0 Å². The summed E-state index contributed by atoms with van der Waals surface area (Å²) in [5.74, 6) is 1.12. The summed E-state index contributed by atoms with van der Waals surface area (Å²) < 4.78 is 5.47. The molecule has 1 aliphatic rings. The van der Waals surface area contributed by atoms with Gasteiger partial charge < -0.3 is 15.0 Å². The van der Waals surface area contributed by atoms with Crippen molar-refractivity contribution in [1.82, 2.24) is 15.3 Å². The highest BCUT2D eigenvalue weighted by molar-refractivity contribution is 5.77. The second kappa shape index (κ2) is 9.13. The molecule has 132 valence electrons. The van der Waals surface area contributed by atoms with Gasteiger partial charge in [0.05, 0.1) is 6.61 Å². The van der Waals surface area contributed by atoms with Crippen LogP contribution in [0, 0.1) is 5.92 Å². The average Bonchev–Trinajstić information content (AvgIpc) is 2.68. The van der Waals surface area contributed by atoms with E-state index in [-0.39, 0.29) is 12.5 Å². The predicted molar refractivity (Wildman–Crippen MR) is 96.1 cm³/mol. The van der Waals surface area contributed by atoms with Crippen LogP contribution in [0.3, 0.4) is 0 Å². The second-order valence-electron chi connectivity index (χ2n) is 6.29. The number of carbonyl (C=O) groups excluding carboxylic acids is 1. The van der Waals surface area contributed by atoms with Gasteiger partial charge in [-0.1, -0.05) is 30.3 Å². The molecule has 3 rings (SSSR count). The zero-order valence-corrected chi connectivity index (χ0v) is 14.3. The fraction of sp³-hybridized carbons (Fsp3) is 0.421. The number of ether oxygens (including phenoxy) is 1. The first-order valence-corrected chi connectivity index (χ1v) is 8.71. The molecule has 1 saturated heterocycles. The van der Waals surface area contributed by atoms with Crippen LogP contribution in [0.15, 0.2) is 48.8 Å². The van der Waals surface area contributed by atoms with Crippen molar-refractivity contribution in [2.45, 2.75) is 19.4 Å². The Labute approximate surface area is 148 Å². The van der Waals surface area contributed by atoms with Gasteiger partial charge in [0.15, 0.2) is 0 Å². The van der Waals surface area contributed by atoms with Crippen LogP contribution in [-0.2, 0) is 16.1 Å². The summed E-state index contributed by atoms with van der Waals surface area (Å²) in [4.78, 5) is 22.8. The highest BCUT2D eigenvalue weighted by Gasteiger charge is 2.21. The molecule has 0 bridgehead atoms. The van der Waals surface area contributed by atoms with Gasteiger partial charge in [-0.25, -0.2) is 9.97 Å². The molecule has 6 heteroatoms. The smallest absolute Gasteiger partial charge is 0.246 e. The Hall–Kier alpha value is -2.47. The van der Waals surface area contributed by atoms with Crippen LogP contribution in [-0.4, -0.2) is 42.1 Å². The SMILES string of the molecule is O=C(COCc1ccccc1)NCC1CCCN(c2ncccn2)C1. The minimum absolute atomic E-state index is 0.0657. The van der Waals surface area contributed by atoms with Crippen LogP contribution < -0.4 is 10.2 Å². The van der Waals surface area contributed by atoms with Gasteiger partial charge in [0.2, 0.25) is 11.9 Å². The lowest BCUT2D eigenvalue weighted by Crippen LogP contribution is -2.42. The van der Waals surface area contributed by atoms with E-state index in [4.69, 9.17) is 4.74 Å². The van der Waals surface area contributed by atoms with Crippen molar-refractivity contribution >= 4 is 11.9 Å². The Balaban J connectivity index is 1.37. The maximum Gasteiger partial charge on any atom is 0.246 e. The van der Waals surface area contributed by atoms with Crippen LogP contribution >= 0.6 is 0 Å². The molecular formula is C19H24N4O2. The topological polar surface area (TPSA) is 67.3 Å². The van der Waals surface area contributed by atoms with Crippen molar-refractivity contribution in [3.63, 3.8) is 0 Å². The van der Waals surface area contributed by atoms with Crippen LogP contribution in [0.4, 0.5) is 5.95 Å². The molecule has 1 unspecified atom stereocenters. The van der Waals surface area contributed by atoms with E-state index < -0.39 is 0 Å². The number of hydrogen-bond donors (Lipinski definition) is 1. The van der Waals surface area contributed by atoms with E-state index in [0.717, 1.165) is 37.4 Å². The number of nitrogens with zero attached hydrogens (tertiary/aromatic N) is 3. The number of nitrogens with one attached hydrogen (secondary N) is 1. The molecule has 1 amide bonds. The molecule has 0 aliphatic carbocycles. The van der Waals surface area contributed by atoms with Crippen LogP contribution in [0.5, 0.6) is 0 Å². The van der Waals surface area contributed by atoms with Crippen LogP contribution in [0.1, 0.15) is 18.4 Å². The summed E-state index contributed by atoms with van der Waals surface area (Å²) in [6.07, 6.45) is 5.72.